The summed E-state index contributed by atoms with van der Waals surface area (Å²) in [7, 11) is 1.37. The highest BCUT2D eigenvalue weighted by Gasteiger charge is 2.14. The summed E-state index contributed by atoms with van der Waals surface area (Å²) in [6, 6.07) is 3.66. The second kappa shape index (κ2) is 4.49. The third kappa shape index (κ3) is 2.14. The van der Waals surface area contributed by atoms with Crippen LogP contribution in [0.15, 0.2) is 22.8 Å². The van der Waals surface area contributed by atoms with Crippen LogP contribution in [0.5, 0.6) is 0 Å². The zero-order valence-corrected chi connectivity index (χ0v) is 9.84. The first kappa shape index (κ1) is 10.9. The van der Waals surface area contributed by atoms with E-state index in [-0.39, 0.29) is 12.4 Å². The molecule has 0 aliphatic carbocycles. The highest BCUT2D eigenvalue weighted by Crippen LogP contribution is 2.27. The first-order valence-corrected chi connectivity index (χ1v) is 5.59. The minimum Gasteiger partial charge on any atom is -0.469 e. The second-order valence-corrected chi connectivity index (χ2v) is 4.53. The van der Waals surface area contributed by atoms with Crippen LogP contribution in [0.3, 0.4) is 0 Å². The zero-order chi connectivity index (χ0) is 11.5. The molecule has 4 nitrogen and oxygen atoms in total. The van der Waals surface area contributed by atoms with Gasteiger partial charge in [0.2, 0.25) is 0 Å². The fraction of sp³-hybridized carbons (Fsp3) is 0.273. The lowest BCUT2D eigenvalue weighted by Crippen LogP contribution is -2.03. The molecule has 2 heterocycles. The highest BCUT2D eigenvalue weighted by atomic mass is 32.1. The smallest absolute Gasteiger partial charge is 0.312 e. The quantitative estimate of drug-likeness (QED) is 0.769. The summed E-state index contributed by atoms with van der Waals surface area (Å²) >= 11 is 1.48. The lowest BCUT2D eigenvalue weighted by Gasteiger charge is -1.93. The van der Waals surface area contributed by atoms with E-state index in [1.165, 1.54) is 18.4 Å². The van der Waals surface area contributed by atoms with Crippen molar-refractivity contribution >= 4 is 17.3 Å². The SMILES string of the molecule is COC(=O)Cc1nc(-c2ccco2)c(C)s1. The van der Waals surface area contributed by atoms with Crippen molar-refractivity contribution < 1.29 is 13.9 Å². The Kier molecular flexibility index (Phi) is 3.05. The monoisotopic (exact) mass is 237 g/mol. The van der Waals surface area contributed by atoms with Gasteiger partial charge in [-0.2, -0.15) is 0 Å². The molecule has 0 amide bonds. The van der Waals surface area contributed by atoms with Gasteiger partial charge in [0.1, 0.15) is 10.7 Å². The first-order valence-electron chi connectivity index (χ1n) is 4.77. The van der Waals surface area contributed by atoms with E-state index in [9.17, 15) is 4.79 Å². The fourth-order valence-corrected chi connectivity index (χ4v) is 2.29. The molecule has 0 aromatic carbocycles. The Bertz CT molecular complexity index is 487. The third-order valence-corrected chi connectivity index (χ3v) is 3.09. The topological polar surface area (TPSA) is 52.3 Å². The number of nitrogens with zero attached hydrogens (tertiary/aromatic N) is 1. The Hall–Kier alpha value is -1.62. The summed E-state index contributed by atoms with van der Waals surface area (Å²) < 4.78 is 9.87. The van der Waals surface area contributed by atoms with Crippen LogP contribution in [0.2, 0.25) is 0 Å². The molecule has 0 bridgehead atoms. The van der Waals surface area contributed by atoms with Crippen LogP contribution in [0.4, 0.5) is 0 Å². The largest absolute Gasteiger partial charge is 0.469 e. The van der Waals surface area contributed by atoms with Gasteiger partial charge in [-0.1, -0.05) is 0 Å². The molecule has 0 radical (unpaired) electrons. The summed E-state index contributed by atoms with van der Waals surface area (Å²) in [4.78, 5) is 16.5. The number of ether oxygens (including phenoxy) is 1. The molecule has 5 heteroatoms. The Morgan fingerprint density at radius 2 is 2.44 bits per heavy atom. The normalized spacial score (nSPS) is 10.4. The molecule has 2 rings (SSSR count). The average molecular weight is 237 g/mol. The highest BCUT2D eigenvalue weighted by molar-refractivity contribution is 7.12. The van der Waals surface area contributed by atoms with Crippen LogP contribution >= 0.6 is 11.3 Å². The van der Waals surface area contributed by atoms with Crippen LogP contribution in [0.25, 0.3) is 11.5 Å². The van der Waals surface area contributed by atoms with Gasteiger partial charge in [-0.15, -0.1) is 11.3 Å². The number of hydrogen-bond acceptors (Lipinski definition) is 5. The molecule has 0 N–H and O–H groups in total. The number of methoxy groups -OCH3 is 1. The van der Waals surface area contributed by atoms with Gasteiger partial charge >= 0.3 is 5.97 Å². The van der Waals surface area contributed by atoms with Crippen molar-refractivity contribution in [1.82, 2.24) is 4.98 Å². The number of carbonyl (C=O) groups is 1. The molecule has 16 heavy (non-hydrogen) atoms. The maximum Gasteiger partial charge on any atom is 0.312 e. The lowest BCUT2D eigenvalue weighted by atomic mass is 10.3. The van der Waals surface area contributed by atoms with Gasteiger partial charge in [0.15, 0.2) is 5.76 Å². The van der Waals surface area contributed by atoms with Crippen LogP contribution in [0, 0.1) is 6.92 Å². The summed E-state index contributed by atoms with van der Waals surface area (Å²) in [5.74, 6) is 0.449. The minimum absolute atomic E-state index is 0.211. The van der Waals surface area contributed by atoms with Crippen molar-refractivity contribution in [2.45, 2.75) is 13.3 Å². The summed E-state index contributed by atoms with van der Waals surface area (Å²) in [6.07, 6.45) is 1.82. The van der Waals surface area contributed by atoms with E-state index in [2.05, 4.69) is 9.72 Å². The molecule has 0 saturated heterocycles. The standard InChI is InChI=1S/C11H11NO3S/c1-7-11(8-4-3-5-15-8)12-9(16-7)6-10(13)14-2/h3-5H,6H2,1-2H3. The number of thiazole rings is 1. The molecule has 0 aliphatic heterocycles. The second-order valence-electron chi connectivity index (χ2n) is 3.24. The Labute approximate surface area is 96.9 Å². The van der Waals surface area contributed by atoms with E-state index in [4.69, 9.17) is 4.42 Å². The van der Waals surface area contributed by atoms with E-state index in [1.54, 1.807) is 6.26 Å². The molecule has 84 valence electrons. The lowest BCUT2D eigenvalue weighted by molar-refractivity contribution is -0.139. The van der Waals surface area contributed by atoms with Crippen molar-refractivity contribution in [3.05, 3.63) is 28.3 Å². The number of rotatable bonds is 3. The summed E-state index contributed by atoms with van der Waals surface area (Å²) in [5, 5.41) is 0.746. The molecular weight excluding hydrogens is 226 g/mol. The van der Waals surface area contributed by atoms with Crippen molar-refractivity contribution in [3.63, 3.8) is 0 Å². The van der Waals surface area contributed by atoms with Crippen LogP contribution in [0.1, 0.15) is 9.88 Å². The van der Waals surface area contributed by atoms with Gasteiger partial charge in [-0.05, 0) is 19.1 Å². The Balaban J connectivity index is 2.26. The Morgan fingerprint density at radius 3 is 3.06 bits per heavy atom. The number of furan rings is 1. The molecule has 0 aliphatic rings. The van der Waals surface area contributed by atoms with Crippen LogP contribution < -0.4 is 0 Å². The maximum absolute atomic E-state index is 11.1. The van der Waals surface area contributed by atoms with E-state index in [0.29, 0.717) is 0 Å². The molecule has 2 aromatic rings. The van der Waals surface area contributed by atoms with Gasteiger partial charge in [0.25, 0.3) is 0 Å². The van der Waals surface area contributed by atoms with E-state index in [1.807, 2.05) is 19.1 Å². The van der Waals surface area contributed by atoms with Crippen LogP contribution in [-0.2, 0) is 16.0 Å². The molecule has 0 atom stereocenters. The van der Waals surface area contributed by atoms with E-state index >= 15 is 0 Å². The number of esters is 1. The van der Waals surface area contributed by atoms with Crippen molar-refractivity contribution in [2.24, 2.45) is 0 Å². The summed E-state index contributed by atoms with van der Waals surface area (Å²) in [6.45, 7) is 1.95. The third-order valence-electron chi connectivity index (χ3n) is 2.12. The zero-order valence-electron chi connectivity index (χ0n) is 9.02. The van der Waals surface area contributed by atoms with Gasteiger partial charge < -0.3 is 9.15 Å². The molecular formula is C11H11NO3S. The molecule has 0 fully saturated rings. The number of carbonyl (C=O) groups excluding carboxylic acids is 1. The number of hydrogen-bond donors (Lipinski definition) is 0. The van der Waals surface area contributed by atoms with Crippen molar-refractivity contribution in [2.75, 3.05) is 7.11 Å². The van der Waals surface area contributed by atoms with E-state index < -0.39 is 0 Å². The van der Waals surface area contributed by atoms with Crippen LogP contribution in [-0.4, -0.2) is 18.1 Å². The van der Waals surface area contributed by atoms with Crippen molar-refractivity contribution in [3.8, 4) is 11.5 Å². The minimum atomic E-state index is -0.278. The first-order chi connectivity index (χ1) is 7.70. The van der Waals surface area contributed by atoms with Gasteiger partial charge in [0.05, 0.1) is 19.8 Å². The molecule has 2 aromatic heterocycles. The van der Waals surface area contributed by atoms with Crippen molar-refractivity contribution in [1.29, 1.82) is 0 Å². The molecule has 0 spiro atoms. The van der Waals surface area contributed by atoms with Gasteiger partial charge in [-0.3, -0.25) is 4.79 Å². The predicted octanol–water partition coefficient (Wildman–Crippen LogP) is 2.43. The number of aromatic nitrogens is 1. The van der Waals surface area contributed by atoms with E-state index in [0.717, 1.165) is 21.3 Å². The molecule has 0 saturated carbocycles. The molecule has 0 unspecified atom stereocenters. The average Bonchev–Trinajstić information content (AvgIpc) is 2.87. The van der Waals surface area contributed by atoms with Gasteiger partial charge in [-0.25, -0.2) is 4.98 Å². The fourth-order valence-electron chi connectivity index (χ4n) is 1.36. The Morgan fingerprint density at radius 1 is 1.62 bits per heavy atom. The predicted molar refractivity (Wildman–Crippen MR) is 60.3 cm³/mol. The van der Waals surface area contributed by atoms with Gasteiger partial charge in [0, 0.05) is 4.88 Å². The maximum atomic E-state index is 11.1. The number of aryl methyl sites for hydroxylation is 1. The summed E-state index contributed by atoms with van der Waals surface area (Å²) in [5.41, 5.74) is 0.800.